The van der Waals surface area contributed by atoms with Crippen molar-refractivity contribution < 1.29 is 10.1 Å². The van der Waals surface area contributed by atoms with Crippen LogP contribution in [0.5, 0.6) is 0 Å². The summed E-state index contributed by atoms with van der Waals surface area (Å²) in [6.07, 6.45) is 0. The average molecular weight is 420 g/mol. The zero-order valence-corrected chi connectivity index (χ0v) is 17.5. The summed E-state index contributed by atoms with van der Waals surface area (Å²) in [6.45, 7) is 0.367. The second-order valence-electron chi connectivity index (χ2n) is 6.77. The highest BCUT2D eigenvalue weighted by Gasteiger charge is 2.22. The third-order valence-corrected chi connectivity index (χ3v) is 6.71. The standard InChI is InChI=1S/C24H22N2OS2/c27-22(26-24(21-14-8-16-29-21)19-11-5-2-6-12-19)17-25-23(20-13-7-15-28-20)18-9-3-1-4-10-18/h1-16,23-25H,17H2,(H,26,27)/p+1/t23-,24+/m1/s1. The number of nitrogens with two attached hydrogens (primary N) is 1. The molecule has 4 aromatic rings. The summed E-state index contributed by atoms with van der Waals surface area (Å²) in [4.78, 5) is 15.3. The second-order valence-corrected chi connectivity index (χ2v) is 8.73. The maximum atomic E-state index is 12.9. The Balaban J connectivity index is 1.47. The van der Waals surface area contributed by atoms with Gasteiger partial charge >= 0.3 is 0 Å². The van der Waals surface area contributed by atoms with Crippen LogP contribution in [0.4, 0.5) is 0 Å². The van der Waals surface area contributed by atoms with Gasteiger partial charge in [0.05, 0.1) is 10.9 Å². The number of hydrogen-bond donors (Lipinski definition) is 2. The number of hydrogen-bond acceptors (Lipinski definition) is 3. The van der Waals surface area contributed by atoms with Crippen molar-refractivity contribution >= 4 is 28.6 Å². The number of quaternary nitrogens is 1. The van der Waals surface area contributed by atoms with Crippen LogP contribution in [0.1, 0.15) is 33.0 Å². The molecule has 0 saturated carbocycles. The number of amides is 1. The lowest BCUT2D eigenvalue weighted by molar-refractivity contribution is -0.676. The van der Waals surface area contributed by atoms with E-state index in [2.05, 4.69) is 58.5 Å². The Morgan fingerprint density at radius 3 is 1.93 bits per heavy atom. The van der Waals surface area contributed by atoms with Gasteiger partial charge in [-0.15, -0.1) is 22.7 Å². The smallest absolute Gasteiger partial charge is 0.275 e. The minimum Gasteiger partial charge on any atom is -0.339 e. The van der Waals surface area contributed by atoms with Crippen molar-refractivity contribution in [2.45, 2.75) is 12.1 Å². The van der Waals surface area contributed by atoms with E-state index >= 15 is 0 Å². The summed E-state index contributed by atoms with van der Waals surface area (Å²) in [7, 11) is 0. The number of thiophene rings is 2. The fourth-order valence-electron chi connectivity index (χ4n) is 3.41. The fourth-order valence-corrected chi connectivity index (χ4v) is 5.06. The van der Waals surface area contributed by atoms with Gasteiger partial charge in [-0.25, -0.2) is 0 Å². The molecule has 2 aromatic carbocycles. The maximum absolute atomic E-state index is 12.9. The van der Waals surface area contributed by atoms with Crippen LogP contribution in [0.3, 0.4) is 0 Å². The Labute approximate surface area is 179 Å². The predicted molar refractivity (Wildman–Crippen MR) is 120 cm³/mol. The summed E-state index contributed by atoms with van der Waals surface area (Å²) >= 11 is 3.39. The average Bonchev–Trinajstić information content (AvgIpc) is 3.48. The molecule has 0 aliphatic rings. The number of benzene rings is 2. The fraction of sp³-hybridized carbons (Fsp3) is 0.125. The van der Waals surface area contributed by atoms with Crippen molar-refractivity contribution in [1.29, 1.82) is 0 Å². The van der Waals surface area contributed by atoms with Crippen molar-refractivity contribution in [1.82, 2.24) is 5.32 Å². The number of nitrogens with one attached hydrogen (secondary N) is 1. The largest absolute Gasteiger partial charge is 0.339 e. The molecule has 3 nitrogen and oxygen atoms in total. The van der Waals surface area contributed by atoms with E-state index in [-0.39, 0.29) is 18.0 Å². The zero-order valence-electron chi connectivity index (χ0n) is 15.9. The third kappa shape index (κ3) is 5.01. The van der Waals surface area contributed by atoms with Gasteiger partial charge in [-0.3, -0.25) is 4.79 Å². The maximum Gasteiger partial charge on any atom is 0.275 e. The number of rotatable bonds is 8. The summed E-state index contributed by atoms with van der Waals surface area (Å²) in [5, 5.41) is 9.48. The van der Waals surface area contributed by atoms with Gasteiger partial charge in [-0.1, -0.05) is 72.8 Å². The molecule has 0 aliphatic heterocycles. The van der Waals surface area contributed by atoms with Crippen LogP contribution in [0.2, 0.25) is 0 Å². The molecule has 0 aliphatic carbocycles. The molecule has 2 atom stereocenters. The summed E-state index contributed by atoms with van der Waals surface area (Å²) in [5.74, 6) is 0.0322. The van der Waals surface area contributed by atoms with Crippen molar-refractivity contribution in [3.05, 3.63) is 117 Å². The Kier molecular flexibility index (Phi) is 6.52. The van der Waals surface area contributed by atoms with Crippen molar-refractivity contribution in [3.63, 3.8) is 0 Å². The van der Waals surface area contributed by atoms with Crippen molar-refractivity contribution in [3.8, 4) is 0 Å². The summed E-state index contributed by atoms with van der Waals surface area (Å²) in [5.41, 5.74) is 2.31. The molecule has 29 heavy (non-hydrogen) atoms. The normalized spacial score (nSPS) is 13.0. The zero-order chi connectivity index (χ0) is 19.9. The molecular formula is C24H23N2OS2+. The van der Waals surface area contributed by atoms with Gasteiger partial charge in [0.1, 0.15) is 6.04 Å². The third-order valence-electron chi connectivity index (χ3n) is 4.81. The molecule has 0 bridgehead atoms. The minimum atomic E-state index is -0.117. The van der Waals surface area contributed by atoms with Gasteiger partial charge < -0.3 is 10.6 Å². The molecule has 2 aromatic heterocycles. The lowest BCUT2D eigenvalue weighted by atomic mass is 10.0. The Bertz CT molecular complexity index is 1000. The van der Waals surface area contributed by atoms with Crippen LogP contribution in [0.15, 0.2) is 95.7 Å². The second kappa shape index (κ2) is 9.65. The van der Waals surface area contributed by atoms with Crippen LogP contribution in [-0.4, -0.2) is 12.5 Å². The topological polar surface area (TPSA) is 45.7 Å². The molecule has 1 amide bonds. The van der Waals surface area contributed by atoms with Crippen LogP contribution >= 0.6 is 22.7 Å². The first-order valence-electron chi connectivity index (χ1n) is 9.60. The lowest BCUT2D eigenvalue weighted by Crippen LogP contribution is -2.87. The lowest BCUT2D eigenvalue weighted by Gasteiger charge is -2.19. The summed E-state index contributed by atoms with van der Waals surface area (Å²) in [6, 6.07) is 28.8. The highest BCUT2D eigenvalue weighted by Crippen LogP contribution is 2.26. The number of carbonyl (C=O) groups is 1. The highest BCUT2D eigenvalue weighted by molar-refractivity contribution is 7.10. The molecule has 0 spiro atoms. The van der Waals surface area contributed by atoms with Gasteiger partial charge in [0, 0.05) is 10.4 Å². The Morgan fingerprint density at radius 1 is 0.759 bits per heavy atom. The monoisotopic (exact) mass is 419 g/mol. The molecule has 2 heterocycles. The van der Waals surface area contributed by atoms with Gasteiger partial charge in [-0.05, 0) is 28.5 Å². The first-order chi connectivity index (χ1) is 14.3. The van der Waals surface area contributed by atoms with Crippen molar-refractivity contribution in [2.75, 3.05) is 6.54 Å². The predicted octanol–water partition coefficient (Wildman–Crippen LogP) is 4.37. The molecule has 5 heteroatoms. The molecule has 4 rings (SSSR count). The van der Waals surface area contributed by atoms with E-state index in [4.69, 9.17) is 0 Å². The van der Waals surface area contributed by atoms with E-state index < -0.39 is 0 Å². The van der Waals surface area contributed by atoms with E-state index in [1.807, 2.05) is 47.8 Å². The SMILES string of the molecule is O=C(C[NH2+][C@H](c1ccccc1)c1cccs1)N[C@@H](c1ccccc1)c1cccs1. The molecule has 146 valence electrons. The molecule has 0 unspecified atom stereocenters. The van der Waals surface area contributed by atoms with E-state index in [1.165, 1.54) is 10.4 Å². The van der Waals surface area contributed by atoms with Gasteiger partial charge in [0.25, 0.3) is 5.91 Å². The van der Waals surface area contributed by atoms with Crippen LogP contribution in [-0.2, 0) is 4.79 Å². The van der Waals surface area contributed by atoms with Gasteiger partial charge in [-0.2, -0.15) is 0 Å². The highest BCUT2D eigenvalue weighted by atomic mass is 32.1. The summed E-state index contributed by atoms with van der Waals surface area (Å²) < 4.78 is 0. The van der Waals surface area contributed by atoms with Gasteiger partial charge in [0.15, 0.2) is 6.54 Å². The molecule has 0 fully saturated rings. The van der Waals surface area contributed by atoms with Gasteiger partial charge in [0.2, 0.25) is 0 Å². The van der Waals surface area contributed by atoms with Crippen LogP contribution in [0, 0.1) is 0 Å². The molecule has 3 N–H and O–H groups in total. The van der Waals surface area contributed by atoms with E-state index in [1.54, 1.807) is 22.7 Å². The molecule has 0 saturated heterocycles. The molecular weight excluding hydrogens is 396 g/mol. The number of carbonyl (C=O) groups excluding carboxylic acids is 1. The van der Waals surface area contributed by atoms with E-state index in [0.717, 1.165) is 10.4 Å². The molecule has 0 radical (unpaired) electrons. The van der Waals surface area contributed by atoms with Crippen molar-refractivity contribution in [2.24, 2.45) is 0 Å². The first-order valence-corrected chi connectivity index (χ1v) is 11.4. The van der Waals surface area contributed by atoms with E-state index in [9.17, 15) is 4.79 Å². The quantitative estimate of drug-likeness (QED) is 0.438. The first kappa shape index (κ1) is 19.6. The van der Waals surface area contributed by atoms with Crippen LogP contribution < -0.4 is 10.6 Å². The van der Waals surface area contributed by atoms with Crippen LogP contribution in [0.25, 0.3) is 0 Å². The Morgan fingerprint density at radius 2 is 1.34 bits per heavy atom. The minimum absolute atomic E-state index is 0.0322. The Hall–Kier alpha value is -2.73. The van der Waals surface area contributed by atoms with E-state index in [0.29, 0.717) is 6.54 Å².